The molecule has 3 aromatic rings. The molecule has 1 N–H and O–H groups in total. The van der Waals surface area contributed by atoms with E-state index in [2.05, 4.69) is 62.6 Å². The minimum absolute atomic E-state index is 0.196. The van der Waals surface area contributed by atoms with Crippen molar-refractivity contribution in [3.63, 3.8) is 0 Å². The van der Waals surface area contributed by atoms with Crippen molar-refractivity contribution in [2.45, 2.75) is 24.9 Å². The minimum atomic E-state index is -0.196. The van der Waals surface area contributed by atoms with Crippen LogP contribution in [0.3, 0.4) is 0 Å². The topological polar surface area (TPSA) is 72.2 Å². The Morgan fingerprint density at radius 1 is 1.17 bits per heavy atom. The zero-order chi connectivity index (χ0) is 20.8. The molecule has 0 aliphatic carbocycles. The standard InChI is InChI=1S/C21H22BrN5OS/c1-14(2)16-6-4-15(5-7-16)12-23-24-19(28)13-29-21-26-25-20(27(21)3)17-8-10-18(22)11-9-17/h4-12,14H,13H2,1-3H3,(H,24,28). The molecule has 8 heteroatoms. The van der Waals surface area contributed by atoms with Gasteiger partial charge in [0.25, 0.3) is 5.91 Å². The van der Waals surface area contributed by atoms with Gasteiger partial charge in [0.1, 0.15) is 0 Å². The third-order valence-corrected chi connectivity index (χ3v) is 5.82. The number of halogens is 1. The van der Waals surface area contributed by atoms with Crippen LogP contribution >= 0.6 is 27.7 Å². The van der Waals surface area contributed by atoms with Crippen molar-refractivity contribution in [2.24, 2.45) is 12.1 Å². The van der Waals surface area contributed by atoms with Gasteiger partial charge >= 0.3 is 0 Å². The maximum absolute atomic E-state index is 12.1. The SMILES string of the molecule is CC(C)c1ccc(C=NNC(=O)CSc2nnc(-c3ccc(Br)cc3)n2C)cc1. The average Bonchev–Trinajstić information content (AvgIpc) is 3.08. The number of hydrogen-bond acceptors (Lipinski definition) is 5. The number of carbonyl (C=O) groups is 1. The van der Waals surface area contributed by atoms with Crippen molar-refractivity contribution in [3.8, 4) is 11.4 Å². The van der Waals surface area contributed by atoms with Gasteiger partial charge in [-0.15, -0.1) is 10.2 Å². The average molecular weight is 472 g/mol. The van der Waals surface area contributed by atoms with E-state index in [4.69, 9.17) is 0 Å². The van der Waals surface area contributed by atoms with E-state index in [0.29, 0.717) is 11.1 Å². The number of thioether (sulfide) groups is 1. The van der Waals surface area contributed by atoms with Crippen LogP contribution in [0.4, 0.5) is 0 Å². The van der Waals surface area contributed by atoms with Crippen molar-refractivity contribution < 1.29 is 4.79 Å². The summed E-state index contributed by atoms with van der Waals surface area (Å²) in [6, 6.07) is 16.0. The third kappa shape index (κ3) is 5.77. The highest BCUT2D eigenvalue weighted by Crippen LogP contribution is 2.23. The molecule has 29 heavy (non-hydrogen) atoms. The lowest BCUT2D eigenvalue weighted by molar-refractivity contribution is -0.118. The molecule has 0 aliphatic rings. The fourth-order valence-electron chi connectivity index (χ4n) is 2.60. The van der Waals surface area contributed by atoms with E-state index in [-0.39, 0.29) is 11.7 Å². The fourth-order valence-corrected chi connectivity index (χ4v) is 3.57. The van der Waals surface area contributed by atoms with Gasteiger partial charge in [0.05, 0.1) is 12.0 Å². The molecule has 0 aliphatic heterocycles. The molecular weight excluding hydrogens is 450 g/mol. The second-order valence-electron chi connectivity index (χ2n) is 6.78. The first-order valence-electron chi connectivity index (χ1n) is 9.14. The monoisotopic (exact) mass is 471 g/mol. The zero-order valence-corrected chi connectivity index (χ0v) is 18.9. The van der Waals surface area contributed by atoms with Crippen molar-refractivity contribution in [1.82, 2.24) is 20.2 Å². The molecule has 0 bridgehead atoms. The lowest BCUT2D eigenvalue weighted by Crippen LogP contribution is -2.19. The molecule has 1 heterocycles. The third-order valence-electron chi connectivity index (χ3n) is 4.28. The van der Waals surface area contributed by atoms with Gasteiger partial charge < -0.3 is 4.57 Å². The van der Waals surface area contributed by atoms with Crippen LogP contribution in [0.25, 0.3) is 11.4 Å². The van der Waals surface area contributed by atoms with E-state index in [1.54, 1.807) is 6.21 Å². The van der Waals surface area contributed by atoms with Crippen LogP contribution in [0.1, 0.15) is 30.9 Å². The van der Waals surface area contributed by atoms with Gasteiger partial charge in [-0.1, -0.05) is 77.9 Å². The van der Waals surface area contributed by atoms with Crippen LogP contribution in [0.15, 0.2) is 63.3 Å². The summed E-state index contributed by atoms with van der Waals surface area (Å²) in [4.78, 5) is 12.1. The Balaban J connectivity index is 1.52. The molecule has 1 amide bonds. The van der Waals surface area contributed by atoms with Gasteiger partial charge in [-0.3, -0.25) is 4.79 Å². The highest BCUT2D eigenvalue weighted by Gasteiger charge is 2.12. The van der Waals surface area contributed by atoms with E-state index in [0.717, 1.165) is 21.4 Å². The molecule has 0 atom stereocenters. The molecule has 0 saturated carbocycles. The fraction of sp³-hybridized carbons (Fsp3) is 0.238. The van der Waals surface area contributed by atoms with E-state index in [1.165, 1.54) is 17.3 Å². The lowest BCUT2D eigenvalue weighted by atomic mass is 10.0. The lowest BCUT2D eigenvalue weighted by Gasteiger charge is -2.05. The Morgan fingerprint density at radius 3 is 2.52 bits per heavy atom. The highest BCUT2D eigenvalue weighted by molar-refractivity contribution is 9.10. The maximum Gasteiger partial charge on any atom is 0.250 e. The van der Waals surface area contributed by atoms with E-state index in [1.807, 2.05) is 48.0 Å². The predicted molar refractivity (Wildman–Crippen MR) is 121 cm³/mol. The maximum atomic E-state index is 12.1. The first kappa shape index (κ1) is 21.3. The van der Waals surface area contributed by atoms with E-state index in [9.17, 15) is 4.79 Å². The number of hydrogen-bond donors (Lipinski definition) is 1. The molecule has 0 fully saturated rings. The summed E-state index contributed by atoms with van der Waals surface area (Å²) in [6.07, 6.45) is 1.64. The number of nitrogens with one attached hydrogen (secondary N) is 1. The Labute approximate surface area is 182 Å². The molecule has 0 unspecified atom stereocenters. The molecular formula is C21H22BrN5OS. The zero-order valence-electron chi connectivity index (χ0n) is 16.5. The smallest absolute Gasteiger partial charge is 0.250 e. The number of rotatable bonds is 7. The van der Waals surface area contributed by atoms with E-state index < -0.39 is 0 Å². The highest BCUT2D eigenvalue weighted by atomic mass is 79.9. The van der Waals surface area contributed by atoms with Crippen molar-refractivity contribution in [1.29, 1.82) is 0 Å². The van der Waals surface area contributed by atoms with Crippen molar-refractivity contribution >= 4 is 39.8 Å². The first-order chi connectivity index (χ1) is 13.9. The van der Waals surface area contributed by atoms with E-state index >= 15 is 0 Å². The first-order valence-corrected chi connectivity index (χ1v) is 10.9. The predicted octanol–water partition coefficient (Wildman–Crippen LogP) is 4.61. The van der Waals surface area contributed by atoms with Crippen LogP contribution in [-0.4, -0.2) is 32.6 Å². The molecule has 150 valence electrons. The Hall–Kier alpha value is -2.45. The second kappa shape index (κ2) is 9.84. The molecule has 6 nitrogen and oxygen atoms in total. The number of amides is 1. The number of benzene rings is 2. The van der Waals surface area contributed by atoms with Crippen molar-refractivity contribution in [2.75, 3.05) is 5.75 Å². The quantitative estimate of drug-likeness (QED) is 0.310. The number of hydrazone groups is 1. The largest absolute Gasteiger partial charge is 0.305 e. The molecule has 0 spiro atoms. The van der Waals surface area contributed by atoms with Crippen LogP contribution in [-0.2, 0) is 11.8 Å². The summed E-state index contributed by atoms with van der Waals surface area (Å²) in [6.45, 7) is 4.31. The van der Waals surface area contributed by atoms with Gasteiger partial charge in [0.15, 0.2) is 11.0 Å². The van der Waals surface area contributed by atoms with Gasteiger partial charge in [0, 0.05) is 17.1 Å². The summed E-state index contributed by atoms with van der Waals surface area (Å²) in [7, 11) is 1.89. The molecule has 0 radical (unpaired) electrons. The number of aromatic nitrogens is 3. The summed E-state index contributed by atoms with van der Waals surface area (Å²) in [5.41, 5.74) is 5.73. The number of nitrogens with zero attached hydrogens (tertiary/aromatic N) is 4. The van der Waals surface area contributed by atoms with Gasteiger partial charge in [-0.05, 0) is 29.2 Å². The summed E-state index contributed by atoms with van der Waals surface area (Å²) < 4.78 is 2.88. The molecule has 1 aromatic heterocycles. The normalized spacial score (nSPS) is 11.3. The van der Waals surface area contributed by atoms with Crippen LogP contribution in [0.2, 0.25) is 0 Å². The molecule has 3 rings (SSSR count). The summed E-state index contributed by atoms with van der Waals surface area (Å²) in [5, 5.41) is 13.1. The Bertz CT molecular complexity index is 997. The van der Waals surface area contributed by atoms with Crippen molar-refractivity contribution in [3.05, 3.63) is 64.1 Å². The van der Waals surface area contributed by atoms with Gasteiger partial charge in [-0.25, -0.2) is 5.43 Å². The van der Waals surface area contributed by atoms with Crippen LogP contribution < -0.4 is 5.43 Å². The minimum Gasteiger partial charge on any atom is -0.305 e. The second-order valence-corrected chi connectivity index (χ2v) is 8.63. The van der Waals surface area contributed by atoms with Gasteiger partial charge in [0.2, 0.25) is 0 Å². The Morgan fingerprint density at radius 2 is 1.86 bits per heavy atom. The summed E-state index contributed by atoms with van der Waals surface area (Å²) >= 11 is 4.74. The number of carbonyl (C=O) groups excluding carboxylic acids is 1. The Kier molecular flexibility index (Phi) is 7.22. The van der Waals surface area contributed by atoms with Gasteiger partial charge in [-0.2, -0.15) is 5.10 Å². The molecule has 0 saturated heterocycles. The summed E-state index contributed by atoms with van der Waals surface area (Å²) in [5.74, 6) is 1.25. The van der Waals surface area contributed by atoms with Crippen LogP contribution in [0.5, 0.6) is 0 Å². The van der Waals surface area contributed by atoms with Crippen LogP contribution in [0, 0.1) is 0 Å². The molecule has 2 aromatic carbocycles.